The topological polar surface area (TPSA) is 87.1 Å². The molecule has 2 aromatic rings. The van der Waals surface area contributed by atoms with Gasteiger partial charge in [-0.05, 0) is 68.7 Å². The second-order valence-electron chi connectivity index (χ2n) is 8.44. The molecule has 1 aliphatic rings. The van der Waals surface area contributed by atoms with E-state index in [0.717, 1.165) is 24.8 Å². The summed E-state index contributed by atoms with van der Waals surface area (Å²) in [4.78, 5) is 27.4. The lowest BCUT2D eigenvalue weighted by molar-refractivity contribution is -0.139. The standard InChI is InChI=1S/C26H31NO5/c1-5-6-7-13-27-23(18-9-8-10-20(28)15-18)22(25(30)26(27)31)24(29)19-11-12-21(17(4)14-19)32-16(2)3/h8-12,14-16,23,28-29H,5-7,13H2,1-4H3/b24-22-. The number of nitrogens with zero attached hydrogens (tertiary/aromatic N) is 1. The molecule has 0 saturated carbocycles. The number of phenolic OH excluding ortho intramolecular Hbond substituents is 1. The first-order chi connectivity index (χ1) is 15.2. The summed E-state index contributed by atoms with van der Waals surface area (Å²) in [6, 6.07) is 10.9. The Bertz CT molecular complexity index is 1040. The molecule has 3 rings (SSSR count). The van der Waals surface area contributed by atoms with Gasteiger partial charge in [0.05, 0.1) is 17.7 Å². The minimum absolute atomic E-state index is 0.00681. The number of aliphatic hydroxyl groups is 1. The molecule has 1 fully saturated rings. The molecule has 1 atom stereocenters. The van der Waals surface area contributed by atoms with E-state index in [-0.39, 0.29) is 23.2 Å². The van der Waals surface area contributed by atoms with Crippen LogP contribution in [0, 0.1) is 6.92 Å². The van der Waals surface area contributed by atoms with Gasteiger partial charge in [-0.3, -0.25) is 9.59 Å². The Balaban J connectivity index is 2.10. The van der Waals surface area contributed by atoms with Crippen LogP contribution in [0.3, 0.4) is 0 Å². The number of hydrogen-bond acceptors (Lipinski definition) is 5. The summed E-state index contributed by atoms with van der Waals surface area (Å²) >= 11 is 0. The Morgan fingerprint density at radius 2 is 1.88 bits per heavy atom. The number of Topliss-reactive ketones (excluding diaryl/α,β-unsaturated/α-hetero) is 1. The van der Waals surface area contributed by atoms with Gasteiger partial charge in [0, 0.05) is 12.1 Å². The van der Waals surface area contributed by atoms with Crippen LogP contribution in [0.5, 0.6) is 11.5 Å². The van der Waals surface area contributed by atoms with Crippen LogP contribution < -0.4 is 4.74 Å². The van der Waals surface area contributed by atoms with E-state index >= 15 is 0 Å². The summed E-state index contributed by atoms with van der Waals surface area (Å²) in [6.45, 7) is 8.20. The van der Waals surface area contributed by atoms with Gasteiger partial charge in [-0.2, -0.15) is 0 Å². The van der Waals surface area contributed by atoms with E-state index in [1.54, 1.807) is 30.3 Å². The monoisotopic (exact) mass is 437 g/mol. The van der Waals surface area contributed by atoms with Gasteiger partial charge in [0.2, 0.25) is 0 Å². The number of unbranched alkanes of at least 4 members (excludes halogenated alkanes) is 2. The lowest BCUT2D eigenvalue weighted by Crippen LogP contribution is -2.30. The largest absolute Gasteiger partial charge is 0.508 e. The van der Waals surface area contributed by atoms with E-state index < -0.39 is 17.7 Å². The Morgan fingerprint density at radius 1 is 1.12 bits per heavy atom. The maximum Gasteiger partial charge on any atom is 0.295 e. The summed E-state index contributed by atoms with van der Waals surface area (Å²) in [6.07, 6.45) is 2.66. The van der Waals surface area contributed by atoms with Crippen molar-refractivity contribution in [2.45, 2.75) is 59.1 Å². The number of carbonyl (C=O) groups is 2. The highest BCUT2D eigenvalue weighted by Crippen LogP contribution is 2.40. The minimum atomic E-state index is -0.758. The summed E-state index contributed by atoms with van der Waals surface area (Å²) in [5.41, 5.74) is 1.87. The quantitative estimate of drug-likeness (QED) is 0.260. The molecule has 2 aromatic carbocycles. The van der Waals surface area contributed by atoms with Crippen molar-refractivity contribution in [1.82, 2.24) is 4.90 Å². The average molecular weight is 438 g/mol. The van der Waals surface area contributed by atoms with E-state index in [2.05, 4.69) is 6.92 Å². The van der Waals surface area contributed by atoms with Crippen molar-refractivity contribution >= 4 is 17.4 Å². The molecule has 1 unspecified atom stereocenters. The van der Waals surface area contributed by atoms with Crippen LogP contribution in [0.1, 0.15) is 62.8 Å². The fourth-order valence-corrected chi connectivity index (χ4v) is 4.02. The first kappa shape index (κ1) is 23.4. The normalized spacial score (nSPS) is 17.9. The molecule has 0 bridgehead atoms. The van der Waals surface area contributed by atoms with Crippen molar-refractivity contribution in [3.8, 4) is 11.5 Å². The molecule has 1 amide bonds. The van der Waals surface area contributed by atoms with E-state index in [9.17, 15) is 19.8 Å². The van der Waals surface area contributed by atoms with Gasteiger partial charge in [-0.25, -0.2) is 0 Å². The number of aryl methyl sites for hydroxylation is 1. The van der Waals surface area contributed by atoms with Gasteiger partial charge >= 0.3 is 0 Å². The van der Waals surface area contributed by atoms with Crippen molar-refractivity contribution in [3.05, 3.63) is 64.7 Å². The van der Waals surface area contributed by atoms with Gasteiger partial charge < -0.3 is 19.8 Å². The van der Waals surface area contributed by atoms with Crippen LogP contribution in [0.4, 0.5) is 0 Å². The van der Waals surface area contributed by atoms with E-state index in [1.165, 1.54) is 17.0 Å². The van der Waals surface area contributed by atoms with Crippen LogP contribution in [0.15, 0.2) is 48.0 Å². The molecule has 0 aromatic heterocycles. The maximum atomic E-state index is 13.0. The zero-order valence-corrected chi connectivity index (χ0v) is 19.1. The van der Waals surface area contributed by atoms with E-state index in [4.69, 9.17) is 4.74 Å². The molecule has 1 saturated heterocycles. The number of likely N-dealkylation sites (tertiary alicyclic amines) is 1. The number of benzene rings is 2. The van der Waals surface area contributed by atoms with Crippen LogP contribution in [0.25, 0.3) is 5.76 Å². The molecular formula is C26H31NO5. The van der Waals surface area contributed by atoms with E-state index in [0.29, 0.717) is 23.4 Å². The zero-order chi connectivity index (χ0) is 23.4. The highest BCUT2D eigenvalue weighted by atomic mass is 16.5. The molecule has 0 spiro atoms. The molecule has 1 aliphatic heterocycles. The van der Waals surface area contributed by atoms with Crippen LogP contribution in [0.2, 0.25) is 0 Å². The van der Waals surface area contributed by atoms with Crippen molar-refractivity contribution in [2.24, 2.45) is 0 Å². The minimum Gasteiger partial charge on any atom is -0.508 e. The Morgan fingerprint density at radius 3 is 2.50 bits per heavy atom. The lowest BCUT2D eigenvalue weighted by Gasteiger charge is -2.25. The first-order valence-corrected chi connectivity index (χ1v) is 11.1. The number of ketones is 1. The Kier molecular flexibility index (Phi) is 7.23. The van der Waals surface area contributed by atoms with Gasteiger partial charge in [0.1, 0.15) is 17.3 Å². The highest BCUT2D eigenvalue weighted by Gasteiger charge is 2.45. The third-order valence-electron chi connectivity index (χ3n) is 5.54. The van der Waals surface area contributed by atoms with Crippen molar-refractivity contribution in [2.75, 3.05) is 6.54 Å². The zero-order valence-electron chi connectivity index (χ0n) is 19.1. The van der Waals surface area contributed by atoms with Gasteiger partial charge in [0.15, 0.2) is 0 Å². The second kappa shape index (κ2) is 9.90. The number of carbonyl (C=O) groups excluding carboxylic acids is 2. The van der Waals surface area contributed by atoms with Gasteiger partial charge in [0.25, 0.3) is 11.7 Å². The molecule has 32 heavy (non-hydrogen) atoms. The highest BCUT2D eigenvalue weighted by molar-refractivity contribution is 6.46. The molecule has 1 heterocycles. The van der Waals surface area contributed by atoms with Crippen molar-refractivity contribution < 1.29 is 24.5 Å². The number of rotatable bonds is 8. The third-order valence-corrected chi connectivity index (χ3v) is 5.54. The fourth-order valence-electron chi connectivity index (χ4n) is 4.02. The molecule has 170 valence electrons. The third kappa shape index (κ3) is 4.79. The number of amides is 1. The number of phenols is 1. The number of ether oxygens (including phenoxy) is 1. The summed E-state index contributed by atoms with van der Waals surface area (Å²) in [5, 5.41) is 21.2. The summed E-state index contributed by atoms with van der Waals surface area (Å²) < 4.78 is 5.76. The van der Waals surface area contributed by atoms with Gasteiger partial charge in [-0.1, -0.05) is 31.9 Å². The van der Waals surface area contributed by atoms with E-state index in [1.807, 2.05) is 20.8 Å². The fraction of sp³-hybridized carbons (Fsp3) is 0.385. The number of hydrogen-bond donors (Lipinski definition) is 2. The maximum absolute atomic E-state index is 13.0. The second-order valence-corrected chi connectivity index (χ2v) is 8.44. The predicted octanol–water partition coefficient (Wildman–Crippen LogP) is 5.10. The molecule has 0 radical (unpaired) electrons. The first-order valence-electron chi connectivity index (χ1n) is 11.1. The average Bonchev–Trinajstić information content (AvgIpc) is 2.99. The molecular weight excluding hydrogens is 406 g/mol. The Labute approximate surface area is 189 Å². The molecule has 6 heteroatoms. The van der Waals surface area contributed by atoms with Crippen LogP contribution >= 0.6 is 0 Å². The summed E-state index contributed by atoms with van der Waals surface area (Å²) in [7, 11) is 0. The smallest absolute Gasteiger partial charge is 0.295 e. The van der Waals surface area contributed by atoms with Crippen LogP contribution in [-0.2, 0) is 9.59 Å². The molecule has 6 nitrogen and oxygen atoms in total. The lowest BCUT2D eigenvalue weighted by atomic mass is 9.94. The number of aliphatic hydroxyl groups excluding tert-OH is 1. The van der Waals surface area contributed by atoms with Crippen LogP contribution in [-0.4, -0.2) is 39.5 Å². The summed E-state index contributed by atoms with van der Waals surface area (Å²) in [5.74, 6) is -0.845. The molecule has 2 N–H and O–H groups in total. The van der Waals surface area contributed by atoms with Gasteiger partial charge in [-0.15, -0.1) is 0 Å². The SMILES string of the molecule is CCCCCN1C(=O)C(=O)/C(=C(\O)c2ccc(OC(C)C)c(C)c2)C1c1cccc(O)c1. The predicted molar refractivity (Wildman–Crippen MR) is 124 cm³/mol. The Hall–Kier alpha value is -3.28. The number of aromatic hydroxyl groups is 1. The molecule has 0 aliphatic carbocycles. The van der Waals surface area contributed by atoms with Crippen molar-refractivity contribution in [3.63, 3.8) is 0 Å². The van der Waals surface area contributed by atoms with Crippen molar-refractivity contribution in [1.29, 1.82) is 0 Å².